The molecular formula is C11H8ClN3O3S. The fraction of sp³-hybridized carbons (Fsp3) is 0.0909. The van der Waals surface area contributed by atoms with Crippen molar-refractivity contribution in [3.8, 4) is 0 Å². The topological polar surface area (TPSA) is 77.6 Å². The van der Waals surface area contributed by atoms with Crippen LogP contribution in [0.3, 0.4) is 0 Å². The van der Waals surface area contributed by atoms with E-state index in [4.69, 9.17) is 16.4 Å². The molecule has 0 aliphatic carbocycles. The predicted molar refractivity (Wildman–Crippen MR) is 72.6 cm³/mol. The van der Waals surface area contributed by atoms with Gasteiger partial charge in [0.15, 0.2) is 11.1 Å². The summed E-state index contributed by atoms with van der Waals surface area (Å²) in [5, 5.41) is 14.3. The molecule has 0 spiro atoms. The van der Waals surface area contributed by atoms with Crippen LogP contribution in [-0.2, 0) is 11.4 Å². The molecule has 0 amide bonds. The van der Waals surface area contributed by atoms with Crippen molar-refractivity contribution >= 4 is 34.8 Å². The van der Waals surface area contributed by atoms with Crippen molar-refractivity contribution in [2.75, 3.05) is 0 Å². The van der Waals surface area contributed by atoms with Crippen molar-refractivity contribution in [1.29, 1.82) is 0 Å². The van der Waals surface area contributed by atoms with E-state index in [-0.39, 0.29) is 12.3 Å². The van der Waals surface area contributed by atoms with Crippen LogP contribution in [0, 0.1) is 10.1 Å². The van der Waals surface area contributed by atoms with E-state index in [1.807, 2.05) is 0 Å². The molecule has 2 aromatic rings. The molecule has 0 fully saturated rings. The molecule has 0 aliphatic heterocycles. The van der Waals surface area contributed by atoms with E-state index in [0.29, 0.717) is 10.0 Å². The van der Waals surface area contributed by atoms with E-state index in [1.165, 1.54) is 29.7 Å². The molecule has 19 heavy (non-hydrogen) atoms. The van der Waals surface area contributed by atoms with Gasteiger partial charge in [-0.15, -0.1) is 11.3 Å². The van der Waals surface area contributed by atoms with Crippen LogP contribution in [-0.4, -0.2) is 16.1 Å². The Morgan fingerprint density at radius 1 is 1.58 bits per heavy atom. The van der Waals surface area contributed by atoms with Gasteiger partial charge in [-0.2, -0.15) is 0 Å². The third-order valence-electron chi connectivity index (χ3n) is 2.09. The number of nitrogens with zero attached hydrogens (tertiary/aromatic N) is 3. The average molecular weight is 298 g/mol. The highest BCUT2D eigenvalue weighted by atomic mass is 35.5. The van der Waals surface area contributed by atoms with Gasteiger partial charge in [-0.1, -0.05) is 28.9 Å². The van der Waals surface area contributed by atoms with Crippen LogP contribution in [0.5, 0.6) is 0 Å². The summed E-state index contributed by atoms with van der Waals surface area (Å²) in [4.78, 5) is 19.9. The number of hydrogen-bond donors (Lipinski definition) is 0. The highest BCUT2D eigenvalue weighted by molar-refractivity contribution is 7.15. The van der Waals surface area contributed by atoms with Gasteiger partial charge in [0, 0.05) is 23.9 Å². The van der Waals surface area contributed by atoms with Crippen LogP contribution < -0.4 is 0 Å². The molecule has 0 atom stereocenters. The highest BCUT2D eigenvalue weighted by Crippen LogP contribution is 2.18. The summed E-state index contributed by atoms with van der Waals surface area (Å²) < 4.78 is 0.446. The zero-order valence-electron chi connectivity index (χ0n) is 9.52. The van der Waals surface area contributed by atoms with Gasteiger partial charge in [0.1, 0.15) is 0 Å². The quantitative estimate of drug-likeness (QED) is 0.482. The molecule has 2 rings (SSSR count). The van der Waals surface area contributed by atoms with Gasteiger partial charge in [-0.3, -0.25) is 10.1 Å². The van der Waals surface area contributed by atoms with Crippen LogP contribution in [0.1, 0.15) is 10.4 Å². The number of nitro groups is 1. The smallest absolute Gasteiger partial charge is 0.270 e. The molecule has 0 saturated carbocycles. The zero-order valence-corrected chi connectivity index (χ0v) is 11.1. The standard InChI is InChI=1S/C11H8ClN3O3S/c12-11-13-6-10(19-11)7-18-14-5-8-2-1-3-9(4-8)15(16)17/h1-6H,7H2. The number of benzene rings is 1. The van der Waals surface area contributed by atoms with Gasteiger partial charge in [0.2, 0.25) is 0 Å². The minimum atomic E-state index is -0.461. The number of halogens is 1. The van der Waals surface area contributed by atoms with Gasteiger partial charge in [0.05, 0.1) is 16.0 Å². The highest BCUT2D eigenvalue weighted by Gasteiger charge is 2.04. The molecule has 0 bridgehead atoms. The average Bonchev–Trinajstić information content (AvgIpc) is 2.81. The van der Waals surface area contributed by atoms with E-state index < -0.39 is 4.92 Å². The first kappa shape index (κ1) is 13.4. The first-order valence-electron chi connectivity index (χ1n) is 5.15. The fourth-order valence-corrected chi connectivity index (χ4v) is 2.15. The first-order chi connectivity index (χ1) is 9.15. The number of aromatic nitrogens is 1. The lowest BCUT2D eigenvalue weighted by Crippen LogP contribution is -1.90. The van der Waals surface area contributed by atoms with Crippen molar-refractivity contribution in [2.24, 2.45) is 5.16 Å². The third kappa shape index (κ3) is 4.01. The minimum Gasteiger partial charge on any atom is -0.390 e. The zero-order chi connectivity index (χ0) is 13.7. The third-order valence-corrected chi connectivity index (χ3v) is 3.18. The summed E-state index contributed by atoms with van der Waals surface area (Å²) in [5.41, 5.74) is 0.606. The van der Waals surface area contributed by atoms with E-state index in [9.17, 15) is 10.1 Å². The summed E-state index contributed by atoms with van der Waals surface area (Å²) >= 11 is 6.97. The summed E-state index contributed by atoms with van der Waals surface area (Å²) in [7, 11) is 0. The molecule has 98 valence electrons. The van der Waals surface area contributed by atoms with Crippen molar-refractivity contribution in [3.63, 3.8) is 0 Å². The Hall–Kier alpha value is -1.99. The monoisotopic (exact) mass is 297 g/mol. The lowest BCUT2D eigenvalue weighted by atomic mass is 10.2. The Bertz CT molecular complexity index is 615. The van der Waals surface area contributed by atoms with E-state index in [1.54, 1.807) is 18.3 Å². The second kappa shape index (κ2) is 6.26. The number of nitro benzene ring substituents is 1. The van der Waals surface area contributed by atoms with Crippen LogP contribution in [0.2, 0.25) is 4.47 Å². The molecule has 1 aromatic carbocycles. The van der Waals surface area contributed by atoms with Crippen molar-refractivity contribution < 1.29 is 9.76 Å². The van der Waals surface area contributed by atoms with Crippen LogP contribution in [0.25, 0.3) is 0 Å². The Kier molecular flexibility index (Phi) is 4.43. The predicted octanol–water partition coefficient (Wildman–Crippen LogP) is 3.26. The van der Waals surface area contributed by atoms with Gasteiger partial charge in [0.25, 0.3) is 5.69 Å². The van der Waals surface area contributed by atoms with Crippen LogP contribution in [0.4, 0.5) is 5.69 Å². The number of thiazole rings is 1. The second-order valence-electron chi connectivity index (χ2n) is 3.44. The molecule has 0 aliphatic rings. The maximum atomic E-state index is 10.6. The largest absolute Gasteiger partial charge is 0.390 e. The Labute approximate surface area is 117 Å². The van der Waals surface area contributed by atoms with Crippen molar-refractivity contribution in [3.05, 3.63) is 55.5 Å². The van der Waals surface area contributed by atoms with Crippen LogP contribution >= 0.6 is 22.9 Å². The first-order valence-corrected chi connectivity index (χ1v) is 6.34. The molecular weight excluding hydrogens is 290 g/mol. The fourth-order valence-electron chi connectivity index (χ4n) is 1.27. The Balaban J connectivity index is 1.92. The minimum absolute atomic E-state index is 0.0122. The second-order valence-corrected chi connectivity index (χ2v) is 5.14. The lowest BCUT2D eigenvalue weighted by molar-refractivity contribution is -0.384. The summed E-state index contributed by atoms with van der Waals surface area (Å²) in [6, 6.07) is 6.11. The molecule has 1 aromatic heterocycles. The summed E-state index contributed by atoms with van der Waals surface area (Å²) in [6.07, 6.45) is 3.02. The molecule has 6 nitrogen and oxygen atoms in total. The summed E-state index contributed by atoms with van der Waals surface area (Å²) in [6.45, 7) is 0.260. The van der Waals surface area contributed by atoms with Gasteiger partial charge in [-0.05, 0) is 0 Å². The summed E-state index contributed by atoms with van der Waals surface area (Å²) in [5.74, 6) is 0. The van der Waals surface area contributed by atoms with E-state index in [2.05, 4.69) is 10.1 Å². The van der Waals surface area contributed by atoms with Crippen molar-refractivity contribution in [2.45, 2.75) is 6.61 Å². The molecule has 0 saturated heterocycles. The van der Waals surface area contributed by atoms with Gasteiger partial charge in [-0.25, -0.2) is 4.98 Å². The van der Waals surface area contributed by atoms with Gasteiger partial charge < -0.3 is 4.84 Å². The maximum Gasteiger partial charge on any atom is 0.270 e. The number of oxime groups is 1. The molecule has 8 heteroatoms. The number of rotatable bonds is 5. The Morgan fingerprint density at radius 2 is 2.42 bits per heavy atom. The number of hydrogen-bond acceptors (Lipinski definition) is 6. The number of non-ortho nitro benzene ring substituents is 1. The van der Waals surface area contributed by atoms with E-state index >= 15 is 0 Å². The molecule has 0 unspecified atom stereocenters. The molecule has 0 radical (unpaired) electrons. The van der Waals surface area contributed by atoms with Crippen LogP contribution in [0.15, 0.2) is 35.6 Å². The SMILES string of the molecule is O=[N+]([O-])c1cccc(C=NOCc2cnc(Cl)s2)c1. The van der Waals surface area contributed by atoms with Crippen molar-refractivity contribution in [1.82, 2.24) is 4.98 Å². The Morgan fingerprint density at radius 3 is 3.11 bits per heavy atom. The lowest BCUT2D eigenvalue weighted by Gasteiger charge is -1.95. The van der Waals surface area contributed by atoms with Gasteiger partial charge >= 0.3 is 0 Å². The maximum absolute atomic E-state index is 10.6. The van der Waals surface area contributed by atoms with E-state index in [0.717, 1.165) is 4.88 Å². The normalized spacial score (nSPS) is 10.8. The molecule has 1 heterocycles. The molecule has 0 N–H and O–H groups in total.